The molecule has 0 aliphatic heterocycles. The molecule has 0 bridgehead atoms. The molecule has 0 saturated carbocycles. The Balaban J connectivity index is 2.11. The topological polar surface area (TPSA) is 98.2 Å². The standard InChI is InChI=1S/C20H21N3O2/c1-3-20(2,19(22)25)23-18(24)16-10-6-14(7-11-16)4-5-15-8-12-17(21)13-9-15/h6-13H,3,21H2,1-2H3,(H2,22,25)(H,23,24). The van der Waals surface area contributed by atoms with Crippen LogP contribution in [0.4, 0.5) is 5.69 Å². The molecule has 5 nitrogen and oxygen atoms in total. The fraction of sp³-hybridized carbons (Fsp3) is 0.200. The molecule has 0 heterocycles. The molecule has 0 spiro atoms. The number of rotatable bonds is 4. The van der Waals surface area contributed by atoms with Gasteiger partial charge in [-0.15, -0.1) is 0 Å². The van der Waals surface area contributed by atoms with Crippen LogP contribution in [0, 0.1) is 11.8 Å². The second-order valence-corrected chi connectivity index (χ2v) is 5.95. The lowest BCUT2D eigenvalue weighted by Crippen LogP contribution is -2.54. The number of carbonyl (C=O) groups excluding carboxylic acids is 2. The Kier molecular flexibility index (Phi) is 5.45. The van der Waals surface area contributed by atoms with Crippen LogP contribution >= 0.6 is 0 Å². The van der Waals surface area contributed by atoms with E-state index < -0.39 is 11.4 Å². The van der Waals surface area contributed by atoms with Crippen LogP contribution in [0.15, 0.2) is 48.5 Å². The summed E-state index contributed by atoms with van der Waals surface area (Å²) in [6, 6.07) is 14.1. The van der Waals surface area contributed by atoms with E-state index in [0.29, 0.717) is 17.7 Å². The summed E-state index contributed by atoms with van der Waals surface area (Å²) in [7, 11) is 0. The van der Waals surface area contributed by atoms with Gasteiger partial charge in [-0.3, -0.25) is 9.59 Å². The lowest BCUT2D eigenvalue weighted by atomic mass is 9.97. The molecule has 128 valence electrons. The van der Waals surface area contributed by atoms with Gasteiger partial charge in [-0.1, -0.05) is 18.8 Å². The summed E-state index contributed by atoms with van der Waals surface area (Å²) in [4.78, 5) is 23.8. The van der Waals surface area contributed by atoms with Crippen molar-refractivity contribution in [2.24, 2.45) is 5.73 Å². The van der Waals surface area contributed by atoms with Crippen LogP contribution in [0.5, 0.6) is 0 Å². The second-order valence-electron chi connectivity index (χ2n) is 5.95. The van der Waals surface area contributed by atoms with E-state index in [1.165, 1.54) is 0 Å². The largest absolute Gasteiger partial charge is 0.399 e. The van der Waals surface area contributed by atoms with Crippen molar-refractivity contribution in [3.8, 4) is 11.8 Å². The van der Waals surface area contributed by atoms with Gasteiger partial charge in [0, 0.05) is 22.4 Å². The highest BCUT2D eigenvalue weighted by atomic mass is 16.2. The fourth-order valence-electron chi connectivity index (χ4n) is 2.06. The number of hydrogen-bond donors (Lipinski definition) is 3. The molecule has 2 aromatic carbocycles. The van der Waals surface area contributed by atoms with Gasteiger partial charge in [0.15, 0.2) is 0 Å². The Morgan fingerprint density at radius 2 is 1.48 bits per heavy atom. The molecule has 0 aliphatic carbocycles. The molecule has 5 heteroatoms. The SMILES string of the molecule is CCC(C)(NC(=O)c1ccc(C#Cc2ccc(N)cc2)cc1)C(N)=O. The predicted octanol–water partition coefficient (Wildman–Crippen LogP) is 2.05. The zero-order valence-electron chi connectivity index (χ0n) is 14.3. The van der Waals surface area contributed by atoms with E-state index in [0.717, 1.165) is 11.1 Å². The lowest BCUT2D eigenvalue weighted by Gasteiger charge is -2.25. The van der Waals surface area contributed by atoms with Crippen molar-refractivity contribution in [2.45, 2.75) is 25.8 Å². The fourth-order valence-corrected chi connectivity index (χ4v) is 2.06. The van der Waals surface area contributed by atoms with Crippen molar-refractivity contribution in [3.63, 3.8) is 0 Å². The first-order chi connectivity index (χ1) is 11.8. The summed E-state index contributed by atoms with van der Waals surface area (Å²) in [5.74, 6) is 5.15. The highest BCUT2D eigenvalue weighted by molar-refractivity contribution is 5.98. The van der Waals surface area contributed by atoms with Crippen LogP contribution in [-0.4, -0.2) is 17.4 Å². The number of amides is 2. The minimum atomic E-state index is -1.06. The molecule has 0 radical (unpaired) electrons. The number of anilines is 1. The van der Waals surface area contributed by atoms with Crippen molar-refractivity contribution in [3.05, 3.63) is 65.2 Å². The summed E-state index contributed by atoms with van der Waals surface area (Å²) in [6.07, 6.45) is 0.416. The zero-order valence-corrected chi connectivity index (χ0v) is 14.3. The number of nitrogen functional groups attached to an aromatic ring is 1. The molecule has 2 aromatic rings. The summed E-state index contributed by atoms with van der Waals surface area (Å²) in [5.41, 5.74) is 12.7. The van der Waals surface area contributed by atoms with E-state index in [4.69, 9.17) is 11.5 Å². The molecule has 2 rings (SSSR count). The number of nitrogens with two attached hydrogens (primary N) is 2. The molecule has 1 atom stereocenters. The Bertz CT molecular complexity index is 830. The molecular formula is C20H21N3O2. The van der Waals surface area contributed by atoms with Gasteiger partial charge in [-0.2, -0.15) is 0 Å². The smallest absolute Gasteiger partial charge is 0.252 e. The molecule has 0 fully saturated rings. The van der Waals surface area contributed by atoms with E-state index in [1.807, 2.05) is 12.1 Å². The summed E-state index contributed by atoms with van der Waals surface area (Å²) in [5, 5.41) is 2.68. The number of carbonyl (C=O) groups is 2. The maximum atomic E-state index is 12.3. The zero-order chi connectivity index (χ0) is 18.4. The average Bonchev–Trinajstić information content (AvgIpc) is 2.61. The second kappa shape index (κ2) is 7.54. The van der Waals surface area contributed by atoms with Crippen LogP contribution in [0.2, 0.25) is 0 Å². The molecule has 0 aliphatic rings. The van der Waals surface area contributed by atoms with Crippen molar-refractivity contribution < 1.29 is 9.59 Å². The van der Waals surface area contributed by atoms with Gasteiger partial charge in [0.05, 0.1) is 0 Å². The van der Waals surface area contributed by atoms with E-state index in [9.17, 15) is 9.59 Å². The summed E-state index contributed by atoms with van der Waals surface area (Å²) >= 11 is 0. The van der Waals surface area contributed by atoms with Crippen molar-refractivity contribution >= 4 is 17.5 Å². The van der Waals surface area contributed by atoms with Gasteiger partial charge in [-0.05, 0) is 61.9 Å². The first kappa shape index (κ1) is 18.1. The first-order valence-corrected chi connectivity index (χ1v) is 7.94. The molecule has 1 unspecified atom stereocenters. The highest BCUT2D eigenvalue weighted by Crippen LogP contribution is 2.11. The average molecular weight is 335 g/mol. The molecule has 0 saturated heterocycles. The normalized spacial score (nSPS) is 12.4. The number of primary amides is 1. The van der Waals surface area contributed by atoms with Crippen LogP contribution < -0.4 is 16.8 Å². The third-order valence-corrected chi connectivity index (χ3v) is 4.05. The van der Waals surface area contributed by atoms with Gasteiger partial charge >= 0.3 is 0 Å². The first-order valence-electron chi connectivity index (χ1n) is 7.94. The monoisotopic (exact) mass is 335 g/mol. The number of nitrogens with one attached hydrogen (secondary N) is 1. The van der Waals surface area contributed by atoms with Crippen LogP contribution in [0.1, 0.15) is 41.8 Å². The maximum absolute atomic E-state index is 12.3. The molecular weight excluding hydrogens is 314 g/mol. The van der Waals surface area contributed by atoms with E-state index >= 15 is 0 Å². The summed E-state index contributed by atoms with van der Waals surface area (Å²) in [6.45, 7) is 3.40. The maximum Gasteiger partial charge on any atom is 0.252 e. The van der Waals surface area contributed by atoms with Gasteiger partial charge in [0.25, 0.3) is 5.91 Å². The summed E-state index contributed by atoms with van der Waals surface area (Å²) < 4.78 is 0. The quantitative estimate of drug-likeness (QED) is 0.589. The number of hydrogen-bond acceptors (Lipinski definition) is 3. The predicted molar refractivity (Wildman–Crippen MR) is 98.6 cm³/mol. The highest BCUT2D eigenvalue weighted by Gasteiger charge is 2.30. The Hall–Kier alpha value is -3.26. The van der Waals surface area contributed by atoms with Crippen molar-refractivity contribution in [2.75, 3.05) is 5.73 Å². The van der Waals surface area contributed by atoms with Crippen molar-refractivity contribution in [1.82, 2.24) is 5.32 Å². The van der Waals surface area contributed by atoms with E-state index in [-0.39, 0.29) is 5.91 Å². The van der Waals surface area contributed by atoms with Gasteiger partial charge in [0.2, 0.25) is 5.91 Å². The molecule has 5 N–H and O–H groups in total. The Morgan fingerprint density at radius 3 is 1.92 bits per heavy atom. The van der Waals surface area contributed by atoms with Crippen LogP contribution in [-0.2, 0) is 4.79 Å². The Labute approximate surface area is 147 Å². The third-order valence-electron chi connectivity index (χ3n) is 4.05. The van der Waals surface area contributed by atoms with Gasteiger partial charge < -0.3 is 16.8 Å². The van der Waals surface area contributed by atoms with Crippen LogP contribution in [0.25, 0.3) is 0 Å². The lowest BCUT2D eigenvalue weighted by molar-refractivity contribution is -0.123. The number of benzene rings is 2. The van der Waals surface area contributed by atoms with E-state index in [1.54, 1.807) is 50.2 Å². The molecule has 0 aromatic heterocycles. The molecule has 25 heavy (non-hydrogen) atoms. The van der Waals surface area contributed by atoms with E-state index in [2.05, 4.69) is 17.2 Å². The minimum absolute atomic E-state index is 0.346. The third kappa shape index (κ3) is 4.61. The molecule has 2 amide bonds. The Morgan fingerprint density at radius 1 is 1.00 bits per heavy atom. The van der Waals surface area contributed by atoms with Gasteiger partial charge in [0.1, 0.15) is 5.54 Å². The van der Waals surface area contributed by atoms with Gasteiger partial charge in [-0.25, -0.2) is 0 Å². The minimum Gasteiger partial charge on any atom is -0.399 e. The van der Waals surface area contributed by atoms with Crippen LogP contribution in [0.3, 0.4) is 0 Å². The van der Waals surface area contributed by atoms with Crippen molar-refractivity contribution in [1.29, 1.82) is 0 Å².